The molecule has 0 aliphatic heterocycles. The number of hydrogen-bond acceptors (Lipinski definition) is 12. The molecule has 0 amide bonds. The first-order valence-corrected chi connectivity index (χ1v) is 25.0. The van der Waals surface area contributed by atoms with E-state index in [0.29, 0.717) is 19.3 Å². The molecular formula is C47H54N4O8S4. The molecule has 0 saturated carbocycles. The second-order valence-electron chi connectivity index (χ2n) is 15.1. The SMILES string of the molecule is CCc1ccc(S(=O)(=O)NCCc2nc(-c3ccc(C)cc3)sc2C)cc1C(=O)OC.COC(=O)c1cc(S(=O)(=O)NCCc2nc(-c3ccc(C)cc3)sc2C)ccc1C(C)C. The second kappa shape index (κ2) is 21.5. The van der Waals surface area contributed by atoms with Crippen LogP contribution in [0, 0.1) is 27.7 Å². The molecule has 0 unspecified atom stereocenters. The molecule has 12 nitrogen and oxygen atoms in total. The van der Waals surface area contributed by atoms with Crippen LogP contribution < -0.4 is 9.44 Å². The van der Waals surface area contributed by atoms with Gasteiger partial charge in [0.25, 0.3) is 0 Å². The highest BCUT2D eigenvalue weighted by Gasteiger charge is 2.22. The monoisotopic (exact) mass is 930 g/mol. The van der Waals surface area contributed by atoms with Crippen molar-refractivity contribution in [1.82, 2.24) is 19.4 Å². The maximum Gasteiger partial charge on any atom is 0.338 e. The van der Waals surface area contributed by atoms with E-state index in [1.807, 2.05) is 97.0 Å². The summed E-state index contributed by atoms with van der Waals surface area (Å²) in [5.74, 6) is -1.03. The maximum atomic E-state index is 12.8. The van der Waals surface area contributed by atoms with E-state index in [9.17, 15) is 26.4 Å². The molecule has 2 heterocycles. The summed E-state index contributed by atoms with van der Waals surface area (Å²) >= 11 is 3.20. The van der Waals surface area contributed by atoms with Crippen LogP contribution in [0.15, 0.2) is 94.7 Å². The number of rotatable bonds is 16. The molecule has 16 heteroatoms. The Kier molecular flexibility index (Phi) is 16.7. The highest BCUT2D eigenvalue weighted by molar-refractivity contribution is 7.89. The Bertz CT molecular complexity index is 2780. The van der Waals surface area contributed by atoms with E-state index in [1.165, 1.54) is 49.6 Å². The minimum absolute atomic E-state index is 0.0395. The van der Waals surface area contributed by atoms with Crippen molar-refractivity contribution in [1.29, 1.82) is 0 Å². The first-order valence-electron chi connectivity index (χ1n) is 20.4. The van der Waals surface area contributed by atoms with E-state index >= 15 is 0 Å². The van der Waals surface area contributed by atoms with Gasteiger partial charge in [0, 0.05) is 46.8 Å². The number of ether oxygens (including phenoxy) is 2. The largest absolute Gasteiger partial charge is 0.465 e. The molecule has 0 spiro atoms. The molecule has 0 aliphatic carbocycles. The van der Waals surface area contributed by atoms with Crippen molar-refractivity contribution in [2.75, 3.05) is 27.3 Å². The summed E-state index contributed by atoms with van der Waals surface area (Å²) in [5.41, 5.74) is 8.26. The van der Waals surface area contributed by atoms with E-state index in [4.69, 9.17) is 19.4 Å². The fourth-order valence-corrected chi connectivity index (χ4v) is 10.6. The van der Waals surface area contributed by atoms with E-state index in [2.05, 4.69) is 9.44 Å². The number of nitrogens with one attached hydrogen (secondary N) is 2. The number of aromatic nitrogens is 2. The molecule has 0 radical (unpaired) electrons. The minimum Gasteiger partial charge on any atom is -0.465 e. The number of thiazole rings is 2. The molecule has 2 aromatic heterocycles. The average molecular weight is 931 g/mol. The van der Waals surface area contributed by atoms with Crippen LogP contribution in [-0.4, -0.2) is 66.1 Å². The van der Waals surface area contributed by atoms with Crippen LogP contribution in [0.5, 0.6) is 0 Å². The van der Waals surface area contributed by atoms with Crippen molar-refractivity contribution in [2.45, 2.75) is 83.4 Å². The predicted octanol–water partition coefficient (Wildman–Crippen LogP) is 9.15. The molecular weight excluding hydrogens is 877 g/mol. The molecule has 6 rings (SSSR count). The zero-order valence-electron chi connectivity index (χ0n) is 37.0. The minimum atomic E-state index is -3.78. The summed E-state index contributed by atoms with van der Waals surface area (Å²) in [5, 5.41) is 1.85. The van der Waals surface area contributed by atoms with Crippen LogP contribution in [-0.2, 0) is 48.8 Å². The van der Waals surface area contributed by atoms with Crippen molar-refractivity contribution in [3.63, 3.8) is 0 Å². The Balaban J connectivity index is 0.000000238. The van der Waals surface area contributed by atoms with Crippen molar-refractivity contribution in [2.24, 2.45) is 0 Å². The molecule has 4 aromatic carbocycles. The summed E-state index contributed by atoms with van der Waals surface area (Å²) < 4.78 is 66.0. The summed E-state index contributed by atoms with van der Waals surface area (Å²) in [6.07, 6.45) is 1.55. The normalized spacial score (nSPS) is 11.6. The van der Waals surface area contributed by atoms with Gasteiger partial charge in [-0.3, -0.25) is 0 Å². The van der Waals surface area contributed by atoms with Gasteiger partial charge in [0.05, 0.1) is 46.5 Å². The first kappa shape index (κ1) is 48.9. The molecule has 0 fully saturated rings. The van der Waals surface area contributed by atoms with E-state index in [1.54, 1.807) is 34.8 Å². The van der Waals surface area contributed by atoms with Crippen LogP contribution in [0.1, 0.15) is 90.8 Å². The summed E-state index contributed by atoms with van der Waals surface area (Å²) in [6, 6.07) is 25.5. The third-order valence-corrected chi connectivity index (χ3v) is 15.3. The van der Waals surface area contributed by atoms with Crippen LogP contribution in [0.4, 0.5) is 0 Å². The van der Waals surface area contributed by atoms with Crippen LogP contribution in [0.2, 0.25) is 0 Å². The smallest absolute Gasteiger partial charge is 0.338 e. The lowest BCUT2D eigenvalue weighted by Gasteiger charge is -2.13. The third kappa shape index (κ3) is 12.5. The number of carbonyl (C=O) groups is 2. The zero-order valence-corrected chi connectivity index (χ0v) is 40.3. The van der Waals surface area contributed by atoms with Gasteiger partial charge in [-0.05, 0) is 75.4 Å². The van der Waals surface area contributed by atoms with Gasteiger partial charge in [-0.2, -0.15) is 0 Å². The van der Waals surface area contributed by atoms with Crippen molar-refractivity contribution in [3.8, 4) is 21.1 Å². The second-order valence-corrected chi connectivity index (χ2v) is 21.1. The van der Waals surface area contributed by atoms with Crippen molar-refractivity contribution >= 4 is 54.7 Å². The Morgan fingerprint density at radius 2 is 1.03 bits per heavy atom. The highest BCUT2D eigenvalue weighted by atomic mass is 32.2. The number of sulfonamides is 2. The molecule has 334 valence electrons. The average Bonchev–Trinajstić information content (AvgIpc) is 3.83. The lowest BCUT2D eigenvalue weighted by Crippen LogP contribution is -2.26. The molecule has 0 atom stereocenters. The van der Waals surface area contributed by atoms with Gasteiger partial charge >= 0.3 is 11.9 Å². The summed E-state index contributed by atoms with van der Waals surface area (Å²) in [7, 11) is -4.98. The van der Waals surface area contributed by atoms with Crippen molar-refractivity contribution < 1.29 is 35.9 Å². The Labute approximate surface area is 379 Å². The summed E-state index contributed by atoms with van der Waals surface area (Å²) in [6.45, 7) is 14.3. The summed E-state index contributed by atoms with van der Waals surface area (Å²) in [4.78, 5) is 35.8. The predicted molar refractivity (Wildman–Crippen MR) is 251 cm³/mol. The number of benzene rings is 4. The standard InChI is InChI=1S/C24H28N2O4S2.C23H26N2O4S2/c1-15(2)20-11-10-19(14-21(20)24(27)30-5)32(28,29)25-13-12-22-17(4)31-23(26-22)18-8-6-16(3)7-9-18;1-5-17-10-11-19(14-20(17)23(26)29-4)31(27,28)24-13-12-21-16(3)30-22(25-21)18-8-6-15(2)7-9-18/h6-11,14-15,25H,12-13H2,1-5H3;6-11,14,24H,5,12-13H2,1-4H3. The van der Waals surface area contributed by atoms with E-state index < -0.39 is 32.0 Å². The molecule has 0 aliphatic rings. The quantitative estimate of drug-likeness (QED) is 0.0893. The number of hydrogen-bond donors (Lipinski definition) is 2. The molecule has 0 saturated heterocycles. The van der Waals surface area contributed by atoms with Gasteiger partial charge in [0.1, 0.15) is 10.0 Å². The van der Waals surface area contributed by atoms with Gasteiger partial charge in [-0.15, -0.1) is 22.7 Å². The van der Waals surface area contributed by atoms with Crippen LogP contribution in [0.25, 0.3) is 21.1 Å². The van der Waals surface area contributed by atoms with Crippen LogP contribution >= 0.6 is 22.7 Å². The number of methoxy groups -OCH3 is 2. The number of aryl methyl sites for hydroxylation is 5. The fraction of sp³-hybridized carbons (Fsp3) is 0.319. The van der Waals surface area contributed by atoms with Gasteiger partial charge < -0.3 is 9.47 Å². The lowest BCUT2D eigenvalue weighted by atomic mass is 9.97. The van der Waals surface area contributed by atoms with Crippen molar-refractivity contribution in [3.05, 3.63) is 139 Å². The molecule has 63 heavy (non-hydrogen) atoms. The van der Waals surface area contributed by atoms with Crippen LogP contribution in [0.3, 0.4) is 0 Å². The number of esters is 2. The molecule has 6 aromatic rings. The number of nitrogens with zero attached hydrogens (tertiary/aromatic N) is 2. The maximum absolute atomic E-state index is 12.8. The Morgan fingerprint density at radius 3 is 1.44 bits per heavy atom. The zero-order chi connectivity index (χ0) is 46.1. The fourth-order valence-electron chi connectivity index (χ4n) is 6.56. The number of carbonyl (C=O) groups excluding carboxylic acids is 2. The van der Waals surface area contributed by atoms with Gasteiger partial charge in [0.2, 0.25) is 20.0 Å². The molecule has 0 bridgehead atoms. The van der Waals surface area contributed by atoms with Gasteiger partial charge in [0.15, 0.2) is 0 Å². The van der Waals surface area contributed by atoms with Gasteiger partial charge in [-0.25, -0.2) is 45.8 Å². The Hall–Kier alpha value is -5.10. The lowest BCUT2D eigenvalue weighted by molar-refractivity contribution is 0.0590. The topological polar surface area (TPSA) is 171 Å². The first-order chi connectivity index (χ1) is 29.9. The molecule has 2 N–H and O–H groups in total. The highest BCUT2D eigenvalue weighted by Crippen LogP contribution is 2.30. The Morgan fingerprint density at radius 1 is 0.619 bits per heavy atom. The van der Waals surface area contributed by atoms with E-state index in [0.717, 1.165) is 53.4 Å². The van der Waals surface area contributed by atoms with Gasteiger partial charge in [-0.1, -0.05) is 92.6 Å². The van der Waals surface area contributed by atoms with E-state index in [-0.39, 0.29) is 39.9 Å². The third-order valence-electron chi connectivity index (χ3n) is 10.2.